The number of hydrogen-bond acceptors (Lipinski definition) is 4. The number of nitrogens with zero attached hydrogens (tertiary/aromatic N) is 2. The molecule has 1 rings (SSSR count). The second-order valence-corrected chi connectivity index (χ2v) is 7.24. The summed E-state index contributed by atoms with van der Waals surface area (Å²) in [7, 11) is -3.68. The predicted octanol–water partition coefficient (Wildman–Crippen LogP) is 3.42. The van der Waals surface area contributed by atoms with Crippen LogP contribution in [0.4, 0.5) is 0 Å². The van der Waals surface area contributed by atoms with Crippen LogP contribution in [0.15, 0.2) is 30.3 Å². The van der Waals surface area contributed by atoms with E-state index >= 15 is 0 Å². The van der Waals surface area contributed by atoms with Crippen LogP contribution in [0.3, 0.4) is 0 Å². The van der Waals surface area contributed by atoms with Gasteiger partial charge in [-0.05, 0) is 18.4 Å². The molecule has 0 aliphatic heterocycles. The van der Waals surface area contributed by atoms with Crippen molar-refractivity contribution in [2.45, 2.75) is 50.2 Å². The van der Waals surface area contributed by atoms with Crippen molar-refractivity contribution in [3.05, 3.63) is 35.9 Å². The first-order valence-corrected chi connectivity index (χ1v) is 9.46. The molecule has 0 saturated carbocycles. The lowest BCUT2D eigenvalue weighted by molar-refractivity contribution is 0.562. The van der Waals surface area contributed by atoms with Crippen molar-refractivity contribution < 1.29 is 8.42 Å². The van der Waals surface area contributed by atoms with Gasteiger partial charge in [-0.2, -0.15) is 10.5 Å². The van der Waals surface area contributed by atoms with Gasteiger partial charge in [0.2, 0.25) is 10.0 Å². The molecule has 0 saturated heterocycles. The molecule has 1 N–H and O–H groups in total. The third kappa shape index (κ3) is 7.27. The van der Waals surface area contributed by atoms with Crippen molar-refractivity contribution in [3.63, 3.8) is 0 Å². The van der Waals surface area contributed by atoms with Crippen molar-refractivity contribution >= 4 is 10.0 Å². The third-order valence-corrected chi connectivity index (χ3v) is 5.15. The fraction of sp³-hybridized carbons (Fsp3) is 0.529. The second-order valence-electron chi connectivity index (χ2n) is 5.39. The lowest BCUT2D eigenvalue weighted by Crippen LogP contribution is -2.29. The topological polar surface area (TPSA) is 93.8 Å². The molecule has 0 fully saturated rings. The molecular weight excluding hydrogens is 310 g/mol. The molecular formula is C17H23N3O2S. The van der Waals surface area contributed by atoms with Crippen molar-refractivity contribution in [2.75, 3.05) is 6.54 Å². The van der Waals surface area contributed by atoms with Crippen LogP contribution in [-0.4, -0.2) is 15.0 Å². The summed E-state index contributed by atoms with van der Waals surface area (Å²) >= 11 is 0. The normalized spacial score (nSPS) is 12.3. The van der Waals surface area contributed by atoms with Gasteiger partial charge in [0.15, 0.2) is 5.25 Å². The summed E-state index contributed by atoms with van der Waals surface area (Å²) in [5.74, 6) is 0. The first-order chi connectivity index (χ1) is 11.1. The second kappa shape index (κ2) is 10.8. The fourth-order valence-electron chi connectivity index (χ4n) is 2.28. The molecule has 1 atom stereocenters. The monoisotopic (exact) mass is 333 g/mol. The van der Waals surface area contributed by atoms with E-state index in [1.807, 2.05) is 6.07 Å². The summed E-state index contributed by atoms with van der Waals surface area (Å²) in [6.07, 6.45) is 6.39. The van der Waals surface area contributed by atoms with Gasteiger partial charge >= 0.3 is 0 Å². The standard InChI is InChI=1S/C17H23N3O2S/c18-13-9-4-2-1-3-5-10-14-20-23(21,22)17(15-19)16-11-7-6-8-12-16/h6-8,11-12,17,20H,1-5,9-10,14H2. The highest BCUT2D eigenvalue weighted by Gasteiger charge is 2.26. The molecule has 23 heavy (non-hydrogen) atoms. The number of nitrogens with one attached hydrogen (secondary N) is 1. The largest absolute Gasteiger partial charge is 0.232 e. The van der Waals surface area contributed by atoms with Crippen LogP contribution >= 0.6 is 0 Å². The Bertz CT molecular complexity index is 630. The maximum Gasteiger partial charge on any atom is 0.232 e. The Morgan fingerprint density at radius 1 is 0.957 bits per heavy atom. The molecule has 1 aromatic carbocycles. The minimum Gasteiger partial charge on any atom is -0.214 e. The number of hydrogen-bond donors (Lipinski definition) is 1. The van der Waals surface area contributed by atoms with Crippen molar-refractivity contribution in [1.29, 1.82) is 10.5 Å². The number of unbranched alkanes of at least 4 members (excludes halogenated alkanes) is 6. The van der Waals surface area contributed by atoms with Crippen LogP contribution in [0.25, 0.3) is 0 Å². The molecule has 0 bridgehead atoms. The molecule has 0 aliphatic carbocycles. The quantitative estimate of drug-likeness (QED) is 0.628. The predicted molar refractivity (Wildman–Crippen MR) is 89.7 cm³/mol. The molecule has 5 nitrogen and oxygen atoms in total. The van der Waals surface area contributed by atoms with Crippen LogP contribution in [0.5, 0.6) is 0 Å². The zero-order valence-electron chi connectivity index (χ0n) is 13.2. The molecule has 0 radical (unpaired) electrons. The Kier molecular flexibility index (Phi) is 8.97. The first-order valence-electron chi connectivity index (χ1n) is 7.92. The van der Waals surface area contributed by atoms with Gasteiger partial charge in [-0.1, -0.05) is 56.0 Å². The molecule has 1 unspecified atom stereocenters. The van der Waals surface area contributed by atoms with Crippen molar-refractivity contribution in [3.8, 4) is 12.1 Å². The average Bonchev–Trinajstić information content (AvgIpc) is 2.54. The van der Waals surface area contributed by atoms with Crippen molar-refractivity contribution in [2.24, 2.45) is 0 Å². The Morgan fingerprint density at radius 2 is 1.57 bits per heavy atom. The SMILES string of the molecule is N#CCCCCCCCCNS(=O)(=O)C(C#N)c1ccccc1. The van der Waals surface area contributed by atoms with Crippen LogP contribution < -0.4 is 4.72 Å². The summed E-state index contributed by atoms with van der Waals surface area (Å²) in [4.78, 5) is 0. The number of rotatable bonds is 11. The maximum atomic E-state index is 12.2. The van der Waals surface area contributed by atoms with E-state index in [1.54, 1.807) is 30.3 Å². The van der Waals surface area contributed by atoms with Gasteiger partial charge in [-0.3, -0.25) is 0 Å². The highest BCUT2D eigenvalue weighted by molar-refractivity contribution is 7.90. The Balaban J connectivity index is 2.30. The number of benzene rings is 1. The minimum atomic E-state index is -3.68. The van der Waals surface area contributed by atoms with Crippen LogP contribution in [0.2, 0.25) is 0 Å². The van der Waals surface area contributed by atoms with E-state index in [0.29, 0.717) is 18.5 Å². The lowest BCUT2D eigenvalue weighted by Gasteiger charge is -2.12. The van der Waals surface area contributed by atoms with Gasteiger partial charge in [0.1, 0.15) is 0 Å². The maximum absolute atomic E-state index is 12.2. The summed E-state index contributed by atoms with van der Waals surface area (Å²) in [5, 5.41) is 16.4. The third-order valence-electron chi connectivity index (χ3n) is 3.55. The number of nitriles is 2. The van der Waals surface area contributed by atoms with Gasteiger partial charge in [-0.15, -0.1) is 0 Å². The van der Waals surface area contributed by atoms with E-state index in [4.69, 9.17) is 10.5 Å². The molecule has 0 aromatic heterocycles. The van der Waals surface area contributed by atoms with Gasteiger partial charge < -0.3 is 0 Å². The summed E-state index contributed by atoms with van der Waals surface area (Å²) < 4.78 is 26.9. The Morgan fingerprint density at radius 3 is 2.17 bits per heavy atom. The van der Waals surface area contributed by atoms with E-state index in [2.05, 4.69) is 10.8 Å². The van der Waals surface area contributed by atoms with E-state index in [0.717, 1.165) is 38.5 Å². The van der Waals surface area contributed by atoms with Gasteiger partial charge in [0, 0.05) is 13.0 Å². The summed E-state index contributed by atoms with van der Waals surface area (Å²) in [6, 6.07) is 12.5. The minimum absolute atomic E-state index is 0.353. The molecule has 0 amide bonds. The van der Waals surface area contributed by atoms with E-state index in [1.165, 1.54) is 0 Å². The molecule has 0 spiro atoms. The highest BCUT2D eigenvalue weighted by atomic mass is 32.2. The fourth-order valence-corrected chi connectivity index (χ4v) is 3.53. The zero-order chi connectivity index (χ0) is 17.0. The first kappa shape index (κ1) is 19.2. The Labute approximate surface area is 139 Å². The smallest absolute Gasteiger partial charge is 0.214 e. The van der Waals surface area contributed by atoms with Gasteiger partial charge in [0.25, 0.3) is 0 Å². The van der Waals surface area contributed by atoms with Gasteiger partial charge in [-0.25, -0.2) is 13.1 Å². The van der Waals surface area contributed by atoms with Gasteiger partial charge in [0.05, 0.1) is 12.1 Å². The highest BCUT2D eigenvalue weighted by Crippen LogP contribution is 2.20. The van der Waals surface area contributed by atoms with E-state index < -0.39 is 15.3 Å². The van der Waals surface area contributed by atoms with Crippen LogP contribution in [0, 0.1) is 22.7 Å². The molecule has 0 heterocycles. The molecule has 124 valence electrons. The van der Waals surface area contributed by atoms with E-state index in [-0.39, 0.29) is 0 Å². The van der Waals surface area contributed by atoms with Crippen molar-refractivity contribution in [1.82, 2.24) is 4.72 Å². The van der Waals surface area contributed by atoms with Crippen LogP contribution in [0.1, 0.15) is 55.8 Å². The molecule has 0 aliphatic rings. The zero-order valence-corrected chi connectivity index (χ0v) is 14.1. The lowest BCUT2D eigenvalue weighted by atomic mass is 10.1. The molecule has 1 aromatic rings. The summed E-state index contributed by atoms with van der Waals surface area (Å²) in [5.41, 5.74) is 0.486. The molecule has 6 heteroatoms. The average molecular weight is 333 g/mol. The number of sulfonamides is 1. The van der Waals surface area contributed by atoms with E-state index in [9.17, 15) is 8.42 Å². The summed E-state index contributed by atoms with van der Waals surface area (Å²) in [6.45, 7) is 0.353. The Hall–Kier alpha value is -1.89. The van der Waals surface area contributed by atoms with Crippen LogP contribution in [-0.2, 0) is 10.0 Å².